The van der Waals surface area contributed by atoms with Crippen LogP contribution in [-0.2, 0) is 11.3 Å². The molecule has 0 fully saturated rings. The summed E-state index contributed by atoms with van der Waals surface area (Å²) in [6.07, 6.45) is 1.84. The van der Waals surface area contributed by atoms with Crippen molar-refractivity contribution in [3.05, 3.63) is 35.4 Å². The number of hydrogen-bond donors (Lipinski definition) is 2. The lowest BCUT2D eigenvalue weighted by molar-refractivity contribution is -0.121. The SMILES string of the molecule is NCCCCC(=O)NCc1cc(F)ccc1F. The fourth-order valence-corrected chi connectivity index (χ4v) is 1.39. The molecular weight excluding hydrogens is 226 g/mol. The molecule has 0 bridgehead atoms. The van der Waals surface area contributed by atoms with Crippen LogP contribution in [0.25, 0.3) is 0 Å². The van der Waals surface area contributed by atoms with E-state index in [1.54, 1.807) is 0 Å². The van der Waals surface area contributed by atoms with E-state index in [1.807, 2.05) is 0 Å². The molecule has 0 spiro atoms. The second-order valence-electron chi connectivity index (χ2n) is 3.76. The topological polar surface area (TPSA) is 55.1 Å². The summed E-state index contributed by atoms with van der Waals surface area (Å²) in [7, 11) is 0. The number of halogens is 2. The van der Waals surface area contributed by atoms with Gasteiger partial charge in [0, 0.05) is 18.5 Å². The van der Waals surface area contributed by atoms with Crippen LogP contribution in [0.15, 0.2) is 18.2 Å². The normalized spacial score (nSPS) is 10.3. The Labute approximate surface area is 99.0 Å². The van der Waals surface area contributed by atoms with Crippen molar-refractivity contribution in [2.24, 2.45) is 5.73 Å². The van der Waals surface area contributed by atoms with Gasteiger partial charge in [0.2, 0.25) is 5.91 Å². The lowest BCUT2D eigenvalue weighted by Gasteiger charge is -2.06. The number of carbonyl (C=O) groups is 1. The van der Waals surface area contributed by atoms with E-state index in [-0.39, 0.29) is 18.0 Å². The summed E-state index contributed by atoms with van der Waals surface area (Å²) in [6.45, 7) is 0.552. The van der Waals surface area contributed by atoms with Crippen molar-refractivity contribution in [3.63, 3.8) is 0 Å². The minimum atomic E-state index is -0.520. The molecule has 0 aliphatic carbocycles. The number of benzene rings is 1. The highest BCUT2D eigenvalue weighted by molar-refractivity contribution is 5.75. The Bertz CT molecular complexity index is 383. The largest absolute Gasteiger partial charge is 0.352 e. The Morgan fingerprint density at radius 1 is 1.29 bits per heavy atom. The second-order valence-corrected chi connectivity index (χ2v) is 3.76. The maximum atomic E-state index is 13.2. The molecule has 0 saturated carbocycles. The van der Waals surface area contributed by atoms with Gasteiger partial charge >= 0.3 is 0 Å². The molecule has 0 aliphatic heterocycles. The first-order chi connectivity index (χ1) is 8.13. The molecule has 0 aromatic heterocycles. The van der Waals surface area contributed by atoms with Gasteiger partial charge in [-0.25, -0.2) is 8.78 Å². The van der Waals surface area contributed by atoms with Crippen LogP contribution in [0.5, 0.6) is 0 Å². The van der Waals surface area contributed by atoms with Gasteiger partial charge in [0.05, 0.1) is 0 Å². The van der Waals surface area contributed by atoms with Gasteiger partial charge in [-0.15, -0.1) is 0 Å². The summed E-state index contributed by atoms with van der Waals surface area (Å²) in [6, 6.07) is 3.17. The lowest BCUT2D eigenvalue weighted by Crippen LogP contribution is -2.23. The first-order valence-corrected chi connectivity index (χ1v) is 5.54. The number of nitrogens with two attached hydrogens (primary N) is 1. The van der Waals surface area contributed by atoms with Crippen LogP contribution in [0.1, 0.15) is 24.8 Å². The van der Waals surface area contributed by atoms with Crippen molar-refractivity contribution in [2.75, 3.05) is 6.54 Å². The number of unbranched alkanes of at least 4 members (excludes halogenated alkanes) is 1. The van der Waals surface area contributed by atoms with Crippen LogP contribution >= 0.6 is 0 Å². The zero-order valence-corrected chi connectivity index (χ0v) is 9.51. The monoisotopic (exact) mass is 242 g/mol. The first kappa shape index (κ1) is 13.6. The maximum absolute atomic E-state index is 13.2. The number of hydrogen-bond acceptors (Lipinski definition) is 2. The molecule has 1 aromatic carbocycles. The number of carbonyl (C=O) groups excluding carboxylic acids is 1. The van der Waals surface area contributed by atoms with Crippen molar-refractivity contribution >= 4 is 5.91 Å². The van der Waals surface area contributed by atoms with Crippen LogP contribution in [-0.4, -0.2) is 12.5 Å². The Morgan fingerprint density at radius 2 is 2.06 bits per heavy atom. The number of amides is 1. The van der Waals surface area contributed by atoms with Crippen molar-refractivity contribution < 1.29 is 13.6 Å². The van der Waals surface area contributed by atoms with Gasteiger partial charge in [-0.1, -0.05) is 0 Å². The highest BCUT2D eigenvalue weighted by Crippen LogP contribution is 2.09. The van der Waals surface area contributed by atoms with Crippen molar-refractivity contribution in [1.82, 2.24) is 5.32 Å². The quantitative estimate of drug-likeness (QED) is 0.746. The Kier molecular flexibility index (Phi) is 5.56. The predicted molar refractivity (Wildman–Crippen MR) is 61.1 cm³/mol. The van der Waals surface area contributed by atoms with Crippen LogP contribution in [0, 0.1) is 11.6 Å². The molecular formula is C12H16F2N2O. The molecule has 3 N–H and O–H groups in total. The third kappa shape index (κ3) is 4.91. The minimum Gasteiger partial charge on any atom is -0.352 e. The van der Waals surface area contributed by atoms with E-state index in [1.165, 1.54) is 0 Å². The fourth-order valence-electron chi connectivity index (χ4n) is 1.39. The van der Waals surface area contributed by atoms with Crippen molar-refractivity contribution in [2.45, 2.75) is 25.8 Å². The summed E-state index contributed by atoms with van der Waals surface area (Å²) >= 11 is 0. The van der Waals surface area contributed by atoms with Crippen LogP contribution in [0.2, 0.25) is 0 Å². The van der Waals surface area contributed by atoms with Crippen LogP contribution in [0.4, 0.5) is 8.78 Å². The summed E-state index contributed by atoms with van der Waals surface area (Å²) in [5.41, 5.74) is 5.44. The van der Waals surface area contributed by atoms with Gasteiger partial charge in [-0.05, 0) is 37.6 Å². The molecule has 0 heterocycles. The van der Waals surface area contributed by atoms with E-state index >= 15 is 0 Å². The molecule has 0 aliphatic rings. The predicted octanol–water partition coefficient (Wildman–Crippen LogP) is 1.71. The molecule has 1 amide bonds. The molecule has 1 rings (SSSR count). The molecule has 0 unspecified atom stereocenters. The molecule has 1 aromatic rings. The van der Waals surface area contributed by atoms with Gasteiger partial charge < -0.3 is 11.1 Å². The van der Waals surface area contributed by atoms with Crippen LogP contribution in [0.3, 0.4) is 0 Å². The standard InChI is InChI=1S/C12H16F2N2O/c13-10-4-5-11(14)9(7-10)8-16-12(17)3-1-2-6-15/h4-5,7H,1-3,6,8,15H2,(H,16,17). The van der Waals surface area contributed by atoms with E-state index in [2.05, 4.69) is 5.32 Å². The molecule has 0 saturated heterocycles. The number of nitrogens with one attached hydrogen (secondary N) is 1. The molecule has 3 nitrogen and oxygen atoms in total. The lowest BCUT2D eigenvalue weighted by atomic mass is 10.2. The van der Waals surface area contributed by atoms with Gasteiger partial charge in [0.15, 0.2) is 0 Å². The second kappa shape index (κ2) is 6.96. The first-order valence-electron chi connectivity index (χ1n) is 5.54. The van der Waals surface area contributed by atoms with Gasteiger partial charge in [0.25, 0.3) is 0 Å². The Hall–Kier alpha value is -1.49. The zero-order chi connectivity index (χ0) is 12.7. The number of rotatable bonds is 6. The summed E-state index contributed by atoms with van der Waals surface area (Å²) in [5, 5.41) is 2.54. The Balaban J connectivity index is 2.39. The highest BCUT2D eigenvalue weighted by Gasteiger charge is 2.06. The van der Waals surface area contributed by atoms with E-state index in [0.717, 1.165) is 24.6 Å². The van der Waals surface area contributed by atoms with Gasteiger partial charge in [0.1, 0.15) is 11.6 Å². The molecule has 5 heteroatoms. The van der Waals surface area contributed by atoms with E-state index in [0.29, 0.717) is 19.4 Å². The molecule has 17 heavy (non-hydrogen) atoms. The van der Waals surface area contributed by atoms with Crippen molar-refractivity contribution in [1.29, 1.82) is 0 Å². The Morgan fingerprint density at radius 3 is 2.76 bits per heavy atom. The van der Waals surface area contributed by atoms with Gasteiger partial charge in [-0.2, -0.15) is 0 Å². The average molecular weight is 242 g/mol. The van der Waals surface area contributed by atoms with E-state index in [9.17, 15) is 13.6 Å². The highest BCUT2D eigenvalue weighted by atomic mass is 19.1. The van der Waals surface area contributed by atoms with Crippen LogP contribution < -0.4 is 11.1 Å². The summed E-state index contributed by atoms with van der Waals surface area (Å²) < 4.78 is 26.0. The van der Waals surface area contributed by atoms with E-state index < -0.39 is 11.6 Å². The zero-order valence-electron chi connectivity index (χ0n) is 9.51. The molecule has 0 atom stereocenters. The summed E-state index contributed by atoms with van der Waals surface area (Å²) in [5.74, 6) is -1.21. The van der Waals surface area contributed by atoms with Gasteiger partial charge in [-0.3, -0.25) is 4.79 Å². The maximum Gasteiger partial charge on any atom is 0.220 e. The molecule has 94 valence electrons. The average Bonchev–Trinajstić information content (AvgIpc) is 2.31. The third-order valence-electron chi connectivity index (χ3n) is 2.34. The fraction of sp³-hybridized carbons (Fsp3) is 0.417. The smallest absolute Gasteiger partial charge is 0.220 e. The summed E-state index contributed by atoms with van der Waals surface area (Å²) in [4.78, 5) is 11.3. The van der Waals surface area contributed by atoms with Crippen molar-refractivity contribution in [3.8, 4) is 0 Å². The minimum absolute atomic E-state index is 0.00501. The molecule has 0 radical (unpaired) electrons. The van der Waals surface area contributed by atoms with E-state index in [4.69, 9.17) is 5.73 Å². The third-order valence-corrected chi connectivity index (χ3v) is 2.34.